The number of hydrogen-bond acceptors (Lipinski definition) is 4. The summed E-state index contributed by atoms with van der Waals surface area (Å²) in [5.41, 5.74) is 4.85. The summed E-state index contributed by atoms with van der Waals surface area (Å²) in [6, 6.07) is 17.2. The number of rotatable bonds is 6. The smallest absolute Gasteiger partial charge is 0.251 e. The van der Waals surface area contributed by atoms with Crippen LogP contribution in [-0.2, 0) is 6.54 Å². The Hall–Kier alpha value is -3.34. The van der Waals surface area contributed by atoms with Crippen molar-refractivity contribution in [1.29, 1.82) is 0 Å². The van der Waals surface area contributed by atoms with Gasteiger partial charge in [-0.05, 0) is 55.3 Å². The van der Waals surface area contributed by atoms with E-state index in [9.17, 15) is 4.79 Å². The molecule has 3 rings (SSSR count). The van der Waals surface area contributed by atoms with Crippen LogP contribution in [0, 0.1) is 13.8 Å². The lowest BCUT2D eigenvalue weighted by Gasteiger charge is -2.11. The topological polar surface area (TPSA) is 63.2 Å². The lowest BCUT2D eigenvalue weighted by Crippen LogP contribution is -2.23. The minimum atomic E-state index is -0.161. The van der Waals surface area contributed by atoms with E-state index in [0.717, 1.165) is 17.0 Å². The molecule has 27 heavy (non-hydrogen) atoms. The molecule has 0 fully saturated rings. The molecule has 138 valence electrons. The van der Waals surface area contributed by atoms with E-state index in [1.807, 2.05) is 30.3 Å². The van der Waals surface area contributed by atoms with Gasteiger partial charge in [-0.3, -0.25) is 4.79 Å². The minimum absolute atomic E-state index is 0.161. The lowest BCUT2D eigenvalue weighted by molar-refractivity contribution is 0.0950. The van der Waals surface area contributed by atoms with Crippen molar-refractivity contribution in [3.8, 4) is 5.75 Å². The summed E-state index contributed by atoms with van der Waals surface area (Å²) in [4.78, 5) is 16.8. The predicted octanol–water partition coefficient (Wildman–Crippen LogP) is 4.38. The number of hydrogen-bond donors (Lipinski definition) is 2. The van der Waals surface area contributed by atoms with Gasteiger partial charge in [-0.1, -0.05) is 24.3 Å². The van der Waals surface area contributed by atoms with Gasteiger partial charge >= 0.3 is 0 Å². The van der Waals surface area contributed by atoms with E-state index in [1.54, 1.807) is 25.4 Å². The van der Waals surface area contributed by atoms with E-state index in [-0.39, 0.29) is 5.91 Å². The summed E-state index contributed by atoms with van der Waals surface area (Å²) >= 11 is 0. The maximum Gasteiger partial charge on any atom is 0.251 e. The zero-order chi connectivity index (χ0) is 19.2. The summed E-state index contributed by atoms with van der Waals surface area (Å²) in [7, 11) is 1.62. The van der Waals surface area contributed by atoms with Crippen LogP contribution in [0.4, 0.5) is 11.5 Å². The predicted molar refractivity (Wildman–Crippen MR) is 108 cm³/mol. The first kappa shape index (κ1) is 18.5. The first-order chi connectivity index (χ1) is 13.1. The molecule has 3 aromatic rings. The van der Waals surface area contributed by atoms with Crippen molar-refractivity contribution in [2.45, 2.75) is 20.4 Å². The van der Waals surface area contributed by atoms with Crippen molar-refractivity contribution in [2.24, 2.45) is 0 Å². The average molecular weight is 361 g/mol. The van der Waals surface area contributed by atoms with Crippen molar-refractivity contribution >= 4 is 17.4 Å². The average Bonchev–Trinajstić information content (AvgIpc) is 2.69. The number of amides is 1. The second-order valence-corrected chi connectivity index (χ2v) is 6.35. The van der Waals surface area contributed by atoms with E-state index in [4.69, 9.17) is 4.74 Å². The summed E-state index contributed by atoms with van der Waals surface area (Å²) < 4.78 is 5.32. The van der Waals surface area contributed by atoms with E-state index in [0.29, 0.717) is 17.9 Å². The number of para-hydroxylation sites is 1. The normalized spacial score (nSPS) is 10.3. The minimum Gasteiger partial charge on any atom is -0.496 e. The molecule has 0 atom stereocenters. The van der Waals surface area contributed by atoms with Crippen molar-refractivity contribution in [3.05, 3.63) is 83.0 Å². The van der Waals surface area contributed by atoms with Crippen LogP contribution < -0.4 is 15.4 Å². The Morgan fingerprint density at radius 2 is 1.85 bits per heavy atom. The Morgan fingerprint density at radius 1 is 1.04 bits per heavy atom. The summed E-state index contributed by atoms with van der Waals surface area (Å²) in [5, 5.41) is 6.17. The van der Waals surface area contributed by atoms with Crippen LogP contribution in [0.3, 0.4) is 0 Å². The van der Waals surface area contributed by atoms with Gasteiger partial charge in [0.2, 0.25) is 0 Å². The third-order valence-electron chi connectivity index (χ3n) is 4.43. The Labute approximate surface area is 159 Å². The second kappa shape index (κ2) is 8.36. The highest BCUT2D eigenvalue weighted by Crippen LogP contribution is 2.19. The highest BCUT2D eigenvalue weighted by Gasteiger charge is 2.09. The van der Waals surface area contributed by atoms with Crippen molar-refractivity contribution in [1.82, 2.24) is 10.3 Å². The quantitative estimate of drug-likeness (QED) is 0.684. The number of aromatic nitrogens is 1. The van der Waals surface area contributed by atoms with Gasteiger partial charge < -0.3 is 15.4 Å². The van der Waals surface area contributed by atoms with Crippen LogP contribution in [0.1, 0.15) is 27.0 Å². The molecule has 2 N–H and O–H groups in total. The fraction of sp³-hybridized carbons (Fsp3) is 0.182. The molecule has 1 heterocycles. The Balaban J connectivity index is 1.69. The third kappa shape index (κ3) is 4.64. The van der Waals surface area contributed by atoms with Gasteiger partial charge in [0, 0.05) is 29.6 Å². The SMILES string of the molecule is COc1ccccc1CNC(=O)c1ccnc(Nc2ccc(C)c(C)c2)c1. The summed E-state index contributed by atoms with van der Waals surface area (Å²) in [5.74, 6) is 1.22. The largest absolute Gasteiger partial charge is 0.496 e. The summed E-state index contributed by atoms with van der Waals surface area (Å²) in [6.07, 6.45) is 1.63. The fourth-order valence-electron chi connectivity index (χ4n) is 2.73. The van der Waals surface area contributed by atoms with Gasteiger partial charge in [0.1, 0.15) is 11.6 Å². The van der Waals surface area contributed by atoms with E-state index in [1.165, 1.54) is 11.1 Å². The maximum atomic E-state index is 12.5. The van der Waals surface area contributed by atoms with E-state index >= 15 is 0 Å². The summed E-state index contributed by atoms with van der Waals surface area (Å²) in [6.45, 7) is 4.53. The molecule has 0 spiro atoms. The fourth-order valence-corrected chi connectivity index (χ4v) is 2.73. The molecule has 0 radical (unpaired) electrons. The number of benzene rings is 2. The van der Waals surface area contributed by atoms with E-state index < -0.39 is 0 Å². The first-order valence-corrected chi connectivity index (χ1v) is 8.77. The number of carbonyl (C=O) groups excluding carboxylic acids is 1. The lowest BCUT2D eigenvalue weighted by atomic mass is 10.1. The van der Waals surface area contributed by atoms with E-state index in [2.05, 4.69) is 41.6 Å². The molecule has 0 saturated heterocycles. The highest BCUT2D eigenvalue weighted by molar-refractivity contribution is 5.94. The molecule has 2 aromatic carbocycles. The van der Waals surface area contributed by atoms with Crippen LogP contribution in [0.2, 0.25) is 0 Å². The number of anilines is 2. The van der Waals surface area contributed by atoms with Gasteiger partial charge in [-0.15, -0.1) is 0 Å². The van der Waals surface area contributed by atoms with Crippen LogP contribution in [0.15, 0.2) is 60.8 Å². The number of carbonyl (C=O) groups is 1. The second-order valence-electron chi connectivity index (χ2n) is 6.35. The van der Waals surface area contributed by atoms with Crippen LogP contribution in [0.5, 0.6) is 5.75 Å². The molecule has 5 nitrogen and oxygen atoms in total. The van der Waals surface area contributed by atoms with Gasteiger partial charge in [-0.2, -0.15) is 0 Å². The molecule has 0 aliphatic rings. The Bertz CT molecular complexity index is 954. The van der Waals surface area contributed by atoms with Crippen LogP contribution in [-0.4, -0.2) is 18.0 Å². The monoisotopic (exact) mass is 361 g/mol. The van der Waals surface area contributed by atoms with Gasteiger partial charge in [-0.25, -0.2) is 4.98 Å². The zero-order valence-corrected chi connectivity index (χ0v) is 15.7. The zero-order valence-electron chi connectivity index (χ0n) is 15.7. The molecule has 0 saturated carbocycles. The van der Waals surface area contributed by atoms with Gasteiger partial charge in [0.15, 0.2) is 0 Å². The molecular weight excluding hydrogens is 338 g/mol. The van der Waals surface area contributed by atoms with Gasteiger partial charge in [0.25, 0.3) is 5.91 Å². The molecule has 0 bridgehead atoms. The molecular formula is C22H23N3O2. The molecule has 5 heteroatoms. The number of methoxy groups -OCH3 is 1. The standard InChI is InChI=1S/C22H23N3O2/c1-15-8-9-19(12-16(15)2)25-21-13-17(10-11-23-21)22(26)24-14-18-6-4-5-7-20(18)27-3/h4-13H,14H2,1-3H3,(H,23,25)(H,24,26). The Morgan fingerprint density at radius 3 is 2.63 bits per heavy atom. The molecule has 1 amide bonds. The maximum absolute atomic E-state index is 12.5. The number of nitrogens with one attached hydrogen (secondary N) is 2. The molecule has 1 aromatic heterocycles. The van der Waals surface area contributed by atoms with Crippen LogP contribution in [0.25, 0.3) is 0 Å². The Kier molecular flexibility index (Phi) is 5.71. The van der Waals surface area contributed by atoms with Crippen LogP contribution >= 0.6 is 0 Å². The molecule has 0 aliphatic heterocycles. The van der Waals surface area contributed by atoms with Crippen molar-refractivity contribution in [2.75, 3.05) is 12.4 Å². The van der Waals surface area contributed by atoms with Gasteiger partial charge in [0.05, 0.1) is 7.11 Å². The third-order valence-corrected chi connectivity index (χ3v) is 4.43. The number of aryl methyl sites for hydroxylation is 2. The molecule has 0 aliphatic carbocycles. The first-order valence-electron chi connectivity index (χ1n) is 8.77. The number of ether oxygens (including phenoxy) is 1. The molecule has 0 unspecified atom stereocenters. The van der Waals surface area contributed by atoms with Crippen molar-refractivity contribution < 1.29 is 9.53 Å². The number of nitrogens with zero attached hydrogens (tertiary/aromatic N) is 1. The highest BCUT2D eigenvalue weighted by atomic mass is 16.5. The number of pyridine rings is 1. The van der Waals surface area contributed by atoms with Crippen molar-refractivity contribution in [3.63, 3.8) is 0 Å².